The van der Waals surface area contributed by atoms with Gasteiger partial charge in [-0.15, -0.1) is 0 Å². The number of fused-ring (bicyclic) bond motifs is 2. The molecule has 0 heterocycles. The molecule has 2 aliphatic rings. The summed E-state index contributed by atoms with van der Waals surface area (Å²) < 4.78 is 29.6. The van der Waals surface area contributed by atoms with Gasteiger partial charge in [-0.25, -0.2) is 0 Å². The average Bonchev–Trinajstić information content (AvgIpc) is 3.75. The molecule has 10 nitrogen and oxygen atoms in total. The van der Waals surface area contributed by atoms with Gasteiger partial charge in [-0.05, 0) is 108 Å². The van der Waals surface area contributed by atoms with Crippen LogP contribution in [0.25, 0.3) is 6.08 Å². The normalized spacial score (nSPS) is 15.3. The van der Waals surface area contributed by atoms with Gasteiger partial charge in [0.1, 0.15) is 0 Å². The molecule has 0 aromatic heterocycles. The second kappa shape index (κ2) is 24.9. The first-order valence-electron chi connectivity index (χ1n) is 20.0. The summed E-state index contributed by atoms with van der Waals surface area (Å²) in [6.07, 6.45) is 7.88. The monoisotopic (exact) mass is 832 g/mol. The van der Waals surface area contributed by atoms with Crippen LogP contribution in [0.1, 0.15) is 104 Å². The molecule has 2 N–H and O–H groups in total. The SMILES string of the molecule is CCCN(Cc1ccccc1)c1ccc2c(c1)C(O)CC2C.CCCN(Cc1ccccc1)c1ccc2c(c1)C=CC2C.Cc1ccc(S(=O)(=O)O)cc1.O=C=O.O=C=O. The van der Waals surface area contributed by atoms with Crippen LogP contribution < -0.4 is 9.80 Å². The topological polar surface area (TPSA) is 149 Å². The second-order valence-corrected chi connectivity index (χ2v) is 16.1. The van der Waals surface area contributed by atoms with Crippen LogP contribution in [0.5, 0.6) is 0 Å². The van der Waals surface area contributed by atoms with Gasteiger partial charge in [0, 0.05) is 37.6 Å². The average molecular weight is 833 g/mol. The molecule has 0 saturated carbocycles. The van der Waals surface area contributed by atoms with Gasteiger partial charge < -0.3 is 14.9 Å². The van der Waals surface area contributed by atoms with Crippen molar-refractivity contribution in [1.82, 2.24) is 0 Å². The van der Waals surface area contributed by atoms with E-state index < -0.39 is 10.1 Å². The van der Waals surface area contributed by atoms with E-state index in [1.165, 1.54) is 51.3 Å². The second-order valence-electron chi connectivity index (χ2n) is 14.7. The van der Waals surface area contributed by atoms with Crippen LogP contribution in [0.15, 0.2) is 132 Å². The highest BCUT2D eigenvalue weighted by molar-refractivity contribution is 7.85. The Bertz CT molecular complexity index is 2260. The first-order chi connectivity index (χ1) is 28.8. The van der Waals surface area contributed by atoms with E-state index in [2.05, 4.69) is 147 Å². The quantitative estimate of drug-likeness (QED) is 0.123. The number of hydrogen-bond acceptors (Lipinski definition) is 9. The minimum atomic E-state index is -4.02. The lowest BCUT2D eigenvalue weighted by atomic mass is 10.0. The summed E-state index contributed by atoms with van der Waals surface area (Å²) in [5.41, 5.74) is 11.5. The van der Waals surface area contributed by atoms with Gasteiger partial charge in [0.05, 0.1) is 11.0 Å². The Morgan fingerprint density at radius 1 is 0.650 bits per heavy atom. The lowest BCUT2D eigenvalue weighted by Gasteiger charge is -2.25. The molecule has 0 amide bonds. The summed E-state index contributed by atoms with van der Waals surface area (Å²) in [5, 5.41) is 10.3. The summed E-state index contributed by atoms with van der Waals surface area (Å²) in [5.74, 6) is 1.02. The summed E-state index contributed by atoms with van der Waals surface area (Å²) in [6, 6.07) is 40.8. The molecule has 316 valence electrons. The fourth-order valence-corrected chi connectivity index (χ4v) is 7.69. The van der Waals surface area contributed by atoms with Crippen molar-refractivity contribution >= 4 is 39.9 Å². The molecule has 60 heavy (non-hydrogen) atoms. The lowest BCUT2D eigenvalue weighted by Crippen LogP contribution is -2.23. The molecule has 0 bridgehead atoms. The van der Waals surface area contributed by atoms with Crippen molar-refractivity contribution in [3.63, 3.8) is 0 Å². The fourth-order valence-electron chi connectivity index (χ4n) is 7.21. The van der Waals surface area contributed by atoms with Crippen LogP contribution in [0.4, 0.5) is 11.4 Å². The predicted molar refractivity (Wildman–Crippen MR) is 235 cm³/mol. The maximum Gasteiger partial charge on any atom is 0.373 e. The van der Waals surface area contributed by atoms with Crippen LogP contribution in [0.3, 0.4) is 0 Å². The maximum absolute atomic E-state index is 10.5. The van der Waals surface area contributed by atoms with Gasteiger partial charge in [0.25, 0.3) is 10.1 Å². The molecule has 0 spiro atoms. The van der Waals surface area contributed by atoms with Crippen LogP contribution in [-0.4, -0.2) is 43.5 Å². The molecule has 3 atom stereocenters. The Labute approximate surface area is 355 Å². The molecular formula is C49H56N2O8S. The summed E-state index contributed by atoms with van der Waals surface area (Å²) in [6.45, 7) is 14.8. The molecule has 0 aliphatic heterocycles. The number of rotatable bonds is 11. The Hall–Kier alpha value is -5.93. The van der Waals surface area contributed by atoms with Crippen molar-refractivity contribution < 1.29 is 37.3 Å². The van der Waals surface area contributed by atoms with Crippen molar-refractivity contribution in [2.75, 3.05) is 22.9 Å². The third-order valence-electron chi connectivity index (χ3n) is 10.1. The Kier molecular flexibility index (Phi) is 20.1. The van der Waals surface area contributed by atoms with Crippen molar-refractivity contribution in [2.24, 2.45) is 0 Å². The molecule has 0 radical (unpaired) electrons. The molecule has 5 aromatic carbocycles. The highest BCUT2D eigenvalue weighted by Gasteiger charge is 2.27. The van der Waals surface area contributed by atoms with Crippen LogP contribution in [0.2, 0.25) is 0 Å². The molecule has 11 heteroatoms. The number of nitrogens with zero attached hydrogens (tertiary/aromatic N) is 2. The lowest BCUT2D eigenvalue weighted by molar-refractivity contribution is -0.193. The van der Waals surface area contributed by atoms with Crippen LogP contribution >= 0.6 is 0 Å². The van der Waals surface area contributed by atoms with Gasteiger partial charge in [-0.1, -0.05) is 130 Å². The highest BCUT2D eigenvalue weighted by atomic mass is 32.2. The van der Waals surface area contributed by atoms with Crippen LogP contribution in [-0.2, 0) is 42.4 Å². The van der Waals surface area contributed by atoms with Crippen molar-refractivity contribution in [1.29, 1.82) is 0 Å². The Morgan fingerprint density at radius 3 is 1.58 bits per heavy atom. The number of aliphatic hydroxyl groups is 1. The van der Waals surface area contributed by atoms with E-state index >= 15 is 0 Å². The maximum atomic E-state index is 10.5. The molecule has 5 aromatic rings. The fraction of sp³-hybridized carbons (Fsp3) is 0.306. The number of anilines is 2. The first-order valence-corrected chi connectivity index (χ1v) is 21.5. The third-order valence-corrected chi connectivity index (χ3v) is 11.0. The Balaban J connectivity index is 0.000000235. The number of carbonyl (C=O) groups excluding carboxylic acids is 4. The Morgan fingerprint density at radius 2 is 1.12 bits per heavy atom. The standard InChI is InChI=1S/C20H25NO.C20H23N.C7H8O3S.2CO2/c1-3-11-21(14-16-7-5-4-6-8-16)17-9-10-18-15(2)12-20(22)19(18)13-17;1-3-13-21(15-17-7-5-4-6-8-17)19-11-12-20-16(2)9-10-18(20)14-19;1-6-2-4-7(5-3-6)11(8,9)10;2*2-1-3/h4-10,13,15,20,22H,3,11-12,14H2,1-2H3;4-12,14,16H,3,13,15H2,1-2H3;2-5H,1H3,(H,8,9,10);;. The molecule has 7 rings (SSSR count). The molecular weight excluding hydrogens is 777 g/mol. The zero-order chi connectivity index (χ0) is 44.1. The van der Waals surface area contributed by atoms with E-state index in [1.54, 1.807) is 12.1 Å². The zero-order valence-corrected chi connectivity index (χ0v) is 35.8. The molecule has 0 fully saturated rings. The smallest absolute Gasteiger partial charge is 0.373 e. The largest absolute Gasteiger partial charge is 0.388 e. The molecule has 3 unspecified atom stereocenters. The third kappa shape index (κ3) is 15.0. The first kappa shape index (κ1) is 48.4. The van der Waals surface area contributed by atoms with E-state index in [0.29, 0.717) is 11.8 Å². The van der Waals surface area contributed by atoms with E-state index in [4.69, 9.17) is 23.7 Å². The molecule has 0 saturated heterocycles. The minimum absolute atomic E-state index is 0.0666. The number of benzene rings is 5. The van der Waals surface area contributed by atoms with Gasteiger partial charge in [0.15, 0.2) is 0 Å². The summed E-state index contributed by atoms with van der Waals surface area (Å²) in [4.78, 5) is 37.3. The zero-order valence-electron chi connectivity index (χ0n) is 35.0. The van der Waals surface area contributed by atoms with Gasteiger partial charge >= 0.3 is 12.3 Å². The molecule has 2 aliphatic carbocycles. The van der Waals surface area contributed by atoms with E-state index in [-0.39, 0.29) is 23.3 Å². The number of aliphatic hydroxyl groups excluding tert-OH is 1. The highest BCUT2D eigenvalue weighted by Crippen LogP contribution is 2.41. The summed E-state index contributed by atoms with van der Waals surface area (Å²) in [7, 11) is -4.02. The van der Waals surface area contributed by atoms with E-state index in [9.17, 15) is 13.5 Å². The van der Waals surface area contributed by atoms with Gasteiger partial charge in [-0.2, -0.15) is 27.6 Å². The van der Waals surface area contributed by atoms with Crippen molar-refractivity contribution in [3.8, 4) is 0 Å². The van der Waals surface area contributed by atoms with Crippen molar-refractivity contribution in [3.05, 3.63) is 166 Å². The number of allylic oxidation sites excluding steroid dienone is 1. The van der Waals surface area contributed by atoms with Gasteiger partial charge in [-0.3, -0.25) is 4.55 Å². The van der Waals surface area contributed by atoms with E-state index in [0.717, 1.165) is 56.6 Å². The number of hydrogen-bond donors (Lipinski definition) is 2. The minimum Gasteiger partial charge on any atom is -0.388 e. The van der Waals surface area contributed by atoms with Crippen molar-refractivity contribution in [2.45, 2.75) is 89.8 Å². The van der Waals surface area contributed by atoms with Gasteiger partial charge in [0.2, 0.25) is 0 Å². The van der Waals surface area contributed by atoms with E-state index in [1.807, 2.05) is 6.92 Å². The summed E-state index contributed by atoms with van der Waals surface area (Å²) >= 11 is 0. The van der Waals surface area contributed by atoms with Crippen LogP contribution in [0, 0.1) is 6.92 Å². The number of aryl methyl sites for hydroxylation is 1. The predicted octanol–water partition coefficient (Wildman–Crippen LogP) is 9.95.